The number of hydrogen-bond acceptors (Lipinski definition) is 6. The van der Waals surface area contributed by atoms with Gasteiger partial charge in [0.1, 0.15) is 13.2 Å². The van der Waals surface area contributed by atoms with Crippen LogP contribution in [0.1, 0.15) is 11.5 Å². The van der Waals surface area contributed by atoms with Gasteiger partial charge in [-0.25, -0.2) is 0 Å². The third-order valence-electron chi connectivity index (χ3n) is 2.90. The number of fused-ring (bicyclic) bond motifs is 1. The quantitative estimate of drug-likeness (QED) is 0.905. The molecule has 2 N–H and O–H groups in total. The Bertz CT molecular complexity index is 627. The molecule has 0 fully saturated rings. The van der Waals surface area contributed by atoms with E-state index in [9.17, 15) is 0 Å². The molecule has 6 nitrogen and oxygen atoms in total. The molecule has 7 heteroatoms. The summed E-state index contributed by atoms with van der Waals surface area (Å²) < 4.78 is 16.1. The van der Waals surface area contributed by atoms with Crippen molar-refractivity contribution >= 4 is 11.6 Å². The Kier molecular flexibility index (Phi) is 3.04. The van der Waals surface area contributed by atoms with Crippen LogP contribution in [0.25, 0.3) is 11.4 Å². The van der Waals surface area contributed by atoms with Crippen LogP contribution in [0.2, 0.25) is 5.02 Å². The van der Waals surface area contributed by atoms with Gasteiger partial charge in [-0.05, 0) is 18.6 Å². The number of halogens is 1. The summed E-state index contributed by atoms with van der Waals surface area (Å²) in [5, 5.41) is 4.39. The lowest BCUT2D eigenvalue weighted by molar-refractivity contribution is 0.171. The predicted octanol–water partition coefficient (Wildman–Crippen LogP) is 1.93. The van der Waals surface area contributed by atoms with E-state index in [0.29, 0.717) is 41.5 Å². The van der Waals surface area contributed by atoms with Gasteiger partial charge < -0.3 is 19.7 Å². The molecule has 100 valence electrons. The fourth-order valence-corrected chi connectivity index (χ4v) is 2.17. The molecule has 1 aliphatic heterocycles. The summed E-state index contributed by atoms with van der Waals surface area (Å²) in [6, 6.07) is 1.81. The molecule has 2 aromatic rings. The van der Waals surface area contributed by atoms with Crippen molar-refractivity contribution in [2.45, 2.75) is 13.5 Å². The molecule has 2 heterocycles. The van der Waals surface area contributed by atoms with E-state index in [4.69, 9.17) is 31.3 Å². The van der Waals surface area contributed by atoms with E-state index >= 15 is 0 Å². The Labute approximate surface area is 114 Å². The van der Waals surface area contributed by atoms with Crippen molar-refractivity contribution in [2.24, 2.45) is 5.73 Å². The zero-order valence-electron chi connectivity index (χ0n) is 10.3. The summed E-state index contributed by atoms with van der Waals surface area (Å²) in [7, 11) is 0. The highest BCUT2D eigenvalue weighted by Crippen LogP contribution is 2.43. The average molecular weight is 282 g/mol. The average Bonchev–Trinajstić information content (AvgIpc) is 2.91. The fourth-order valence-electron chi connectivity index (χ4n) is 1.92. The maximum atomic E-state index is 6.29. The number of ether oxygens (including phenoxy) is 2. The second-order valence-corrected chi connectivity index (χ2v) is 4.48. The van der Waals surface area contributed by atoms with Gasteiger partial charge in [-0.1, -0.05) is 16.8 Å². The van der Waals surface area contributed by atoms with Gasteiger partial charge in [0, 0.05) is 5.56 Å². The second kappa shape index (κ2) is 4.71. The molecular weight excluding hydrogens is 270 g/mol. The van der Waals surface area contributed by atoms with Crippen molar-refractivity contribution in [3.05, 3.63) is 22.5 Å². The van der Waals surface area contributed by atoms with E-state index in [-0.39, 0.29) is 6.54 Å². The van der Waals surface area contributed by atoms with Crippen molar-refractivity contribution in [3.8, 4) is 22.9 Å². The molecular formula is C12H12ClN3O3. The standard InChI is InChI=1S/C12H12ClN3O3/c1-6-7(12-15-9(5-14)19-16-12)4-8-11(10(6)13)18-3-2-17-8/h4H,2-3,5,14H2,1H3. The van der Waals surface area contributed by atoms with Gasteiger partial charge in [0.05, 0.1) is 11.6 Å². The molecule has 1 aromatic heterocycles. The molecule has 0 atom stereocenters. The summed E-state index contributed by atoms with van der Waals surface area (Å²) in [5.74, 6) is 1.98. The summed E-state index contributed by atoms with van der Waals surface area (Å²) in [6.45, 7) is 3.05. The lowest BCUT2D eigenvalue weighted by Crippen LogP contribution is -2.16. The van der Waals surface area contributed by atoms with E-state index in [2.05, 4.69) is 10.1 Å². The fraction of sp³-hybridized carbons (Fsp3) is 0.333. The van der Waals surface area contributed by atoms with Gasteiger partial charge in [-0.3, -0.25) is 0 Å². The maximum absolute atomic E-state index is 6.29. The van der Waals surface area contributed by atoms with Gasteiger partial charge in [0.2, 0.25) is 11.7 Å². The van der Waals surface area contributed by atoms with Crippen LogP contribution in [-0.2, 0) is 6.54 Å². The lowest BCUT2D eigenvalue weighted by atomic mass is 10.1. The number of hydrogen-bond donors (Lipinski definition) is 1. The Morgan fingerprint density at radius 2 is 2.16 bits per heavy atom. The third kappa shape index (κ3) is 2.02. The first-order valence-corrected chi connectivity index (χ1v) is 6.20. The van der Waals surface area contributed by atoms with E-state index in [1.54, 1.807) is 6.07 Å². The number of aromatic nitrogens is 2. The van der Waals surface area contributed by atoms with Crippen molar-refractivity contribution in [3.63, 3.8) is 0 Å². The lowest BCUT2D eigenvalue weighted by Gasteiger charge is -2.21. The third-order valence-corrected chi connectivity index (χ3v) is 3.36. The number of benzene rings is 1. The van der Waals surface area contributed by atoms with Crippen molar-refractivity contribution in [1.82, 2.24) is 10.1 Å². The first kappa shape index (κ1) is 12.3. The monoisotopic (exact) mass is 281 g/mol. The number of nitrogens with two attached hydrogens (primary N) is 1. The largest absolute Gasteiger partial charge is 0.486 e. The van der Waals surface area contributed by atoms with Crippen LogP contribution in [0, 0.1) is 6.92 Å². The van der Waals surface area contributed by atoms with Crippen LogP contribution in [0.5, 0.6) is 11.5 Å². The summed E-state index contributed by atoms with van der Waals surface area (Å²) >= 11 is 6.29. The van der Waals surface area contributed by atoms with Crippen LogP contribution >= 0.6 is 11.6 Å². The van der Waals surface area contributed by atoms with Gasteiger partial charge in [-0.2, -0.15) is 4.98 Å². The second-order valence-electron chi connectivity index (χ2n) is 4.10. The molecule has 0 spiro atoms. The SMILES string of the molecule is Cc1c(-c2noc(CN)n2)cc2c(c1Cl)OCCO2. The molecule has 19 heavy (non-hydrogen) atoms. The van der Waals surface area contributed by atoms with Gasteiger partial charge >= 0.3 is 0 Å². The highest BCUT2D eigenvalue weighted by atomic mass is 35.5. The Hall–Kier alpha value is -1.79. The van der Waals surface area contributed by atoms with Crippen molar-refractivity contribution in [2.75, 3.05) is 13.2 Å². The molecule has 0 saturated carbocycles. The van der Waals surface area contributed by atoms with E-state index in [1.165, 1.54) is 0 Å². The van der Waals surface area contributed by atoms with E-state index in [0.717, 1.165) is 11.1 Å². The Morgan fingerprint density at radius 1 is 1.37 bits per heavy atom. The van der Waals surface area contributed by atoms with Gasteiger partial charge in [0.25, 0.3) is 0 Å². The zero-order valence-corrected chi connectivity index (χ0v) is 11.0. The molecule has 0 saturated heterocycles. The Balaban J connectivity index is 2.13. The Morgan fingerprint density at radius 3 is 2.89 bits per heavy atom. The highest BCUT2D eigenvalue weighted by molar-refractivity contribution is 6.33. The first-order chi connectivity index (χ1) is 9.20. The number of rotatable bonds is 2. The normalized spacial score (nSPS) is 13.6. The summed E-state index contributed by atoms with van der Waals surface area (Å²) in [6.07, 6.45) is 0. The van der Waals surface area contributed by atoms with Crippen LogP contribution in [0.4, 0.5) is 0 Å². The molecule has 1 aliphatic rings. The molecule has 0 amide bonds. The minimum atomic E-state index is 0.199. The molecule has 0 radical (unpaired) electrons. The first-order valence-electron chi connectivity index (χ1n) is 5.82. The topological polar surface area (TPSA) is 83.4 Å². The molecule has 3 rings (SSSR count). The van der Waals surface area contributed by atoms with E-state index in [1.807, 2.05) is 6.92 Å². The van der Waals surface area contributed by atoms with Crippen LogP contribution in [0.3, 0.4) is 0 Å². The van der Waals surface area contributed by atoms with Crippen LogP contribution in [-0.4, -0.2) is 23.4 Å². The summed E-state index contributed by atoms with van der Waals surface area (Å²) in [4.78, 5) is 4.19. The maximum Gasteiger partial charge on any atom is 0.240 e. The molecule has 0 aliphatic carbocycles. The molecule has 0 bridgehead atoms. The van der Waals surface area contributed by atoms with Gasteiger partial charge in [-0.15, -0.1) is 0 Å². The number of nitrogens with zero attached hydrogens (tertiary/aromatic N) is 2. The highest BCUT2D eigenvalue weighted by Gasteiger charge is 2.22. The minimum absolute atomic E-state index is 0.199. The predicted molar refractivity (Wildman–Crippen MR) is 68.4 cm³/mol. The smallest absolute Gasteiger partial charge is 0.240 e. The minimum Gasteiger partial charge on any atom is -0.486 e. The van der Waals surface area contributed by atoms with Crippen LogP contribution < -0.4 is 15.2 Å². The van der Waals surface area contributed by atoms with Crippen LogP contribution in [0.15, 0.2) is 10.6 Å². The van der Waals surface area contributed by atoms with Crippen molar-refractivity contribution < 1.29 is 14.0 Å². The molecule has 1 aromatic carbocycles. The van der Waals surface area contributed by atoms with E-state index < -0.39 is 0 Å². The van der Waals surface area contributed by atoms with Crippen molar-refractivity contribution in [1.29, 1.82) is 0 Å². The van der Waals surface area contributed by atoms with Gasteiger partial charge in [0.15, 0.2) is 11.5 Å². The zero-order chi connectivity index (χ0) is 13.4. The molecule has 0 unspecified atom stereocenters. The summed E-state index contributed by atoms with van der Waals surface area (Å²) in [5.41, 5.74) is 7.02.